The first-order chi connectivity index (χ1) is 11.2. The van der Waals surface area contributed by atoms with Gasteiger partial charge in [-0.2, -0.15) is 0 Å². The van der Waals surface area contributed by atoms with E-state index in [9.17, 15) is 4.79 Å². The van der Waals surface area contributed by atoms with Gasteiger partial charge in [-0.05, 0) is 31.9 Å². The number of fused-ring (bicyclic) bond motifs is 1. The Hall–Kier alpha value is -2.01. The Morgan fingerprint density at radius 3 is 2.74 bits per heavy atom. The summed E-state index contributed by atoms with van der Waals surface area (Å²) in [6.45, 7) is 2.67. The summed E-state index contributed by atoms with van der Waals surface area (Å²) in [7, 11) is 1.57. The Kier molecular flexibility index (Phi) is 4.86. The molecule has 1 heterocycles. The summed E-state index contributed by atoms with van der Waals surface area (Å²) in [4.78, 5) is 12.7. The number of allylic oxidation sites excluding steroid dienone is 1. The van der Waals surface area contributed by atoms with Gasteiger partial charge in [-0.25, -0.2) is 0 Å². The van der Waals surface area contributed by atoms with E-state index in [1.165, 1.54) is 6.26 Å². The van der Waals surface area contributed by atoms with Gasteiger partial charge in [0.25, 0.3) is 0 Å². The van der Waals surface area contributed by atoms with Crippen LogP contribution in [-0.2, 0) is 14.3 Å². The molecule has 1 aliphatic carbocycles. The molecule has 3 atom stereocenters. The third kappa shape index (κ3) is 3.34. The molecule has 0 radical (unpaired) electrons. The van der Waals surface area contributed by atoms with Crippen molar-refractivity contribution in [3.63, 3.8) is 0 Å². The number of carbonyl (C=O) groups excluding carboxylic acids is 1. The monoisotopic (exact) mass is 318 g/mol. The normalized spacial score (nSPS) is 26.8. The molecule has 124 valence electrons. The minimum atomic E-state index is -0.151. The first-order valence-electron chi connectivity index (χ1n) is 8.05. The largest absolute Gasteiger partial charge is 0.493 e. The SMILES string of the molecule is CCOC1CCC2C(=O)C(Oc3ccccc3OC)=COC2C1. The van der Waals surface area contributed by atoms with Crippen molar-refractivity contribution in [1.82, 2.24) is 0 Å². The van der Waals surface area contributed by atoms with Crippen LogP contribution in [0.25, 0.3) is 0 Å². The quantitative estimate of drug-likeness (QED) is 0.835. The number of rotatable bonds is 5. The number of carbonyl (C=O) groups is 1. The second kappa shape index (κ2) is 7.04. The molecule has 5 nitrogen and oxygen atoms in total. The third-order valence-corrected chi connectivity index (χ3v) is 4.36. The molecular formula is C18H22O5. The van der Waals surface area contributed by atoms with E-state index in [0.717, 1.165) is 19.3 Å². The van der Waals surface area contributed by atoms with Crippen LogP contribution in [0.2, 0.25) is 0 Å². The highest BCUT2D eigenvalue weighted by Crippen LogP contribution is 2.36. The van der Waals surface area contributed by atoms with Crippen molar-refractivity contribution < 1.29 is 23.7 Å². The number of hydrogen-bond acceptors (Lipinski definition) is 5. The molecule has 23 heavy (non-hydrogen) atoms. The van der Waals surface area contributed by atoms with Crippen LogP contribution in [0.3, 0.4) is 0 Å². The number of methoxy groups -OCH3 is 1. The summed E-state index contributed by atoms with van der Waals surface area (Å²) in [6, 6.07) is 7.25. The summed E-state index contributed by atoms with van der Waals surface area (Å²) in [6.07, 6.45) is 3.90. The Labute approximate surface area is 136 Å². The highest BCUT2D eigenvalue weighted by molar-refractivity contribution is 5.96. The van der Waals surface area contributed by atoms with Crippen LogP contribution >= 0.6 is 0 Å². The van der Waals surface area contributed by atoms with E-state index in [4.69, 9.17) is 18.9 Å². The predicted molar refractivity (Wildman–Crippen MR) is 84.3 cm³/mol. The van der Waals surface area contributed by atoms with E-state index in [0.29, 0.717) is 18.1 Å². The molecule has 2 aliphatic rings. The minimum absolute atomic E-state index is 0.00195. The van der Waals surface area contributed by atoms with Gasteiger partial charge in [0.05, 0.1) is 19.1 Å². The fraction of sp³-hybridized carbons (Fsp3) is 0.500. The summed E-state index contributed by atoms with van der Waals surface area (Å²) < 4.78 is 22.4. The number of ketones is 1. The Bertz CT molecular complexity index is 595. The predicted octanol–water partition coefficient (Wildman–Crippen LogP) is 3.09. The van der Waals surface area contributed by atoms with E-state index in [1.54, 1.807) is 19.2 Å². The maximum atomic E-state index is 12.7. The lowest BCUT2D eigenvalue weighted by Gasteiger charge is -2.37. The van der Waals surface area contributed by atoms with Crippen molar-refractivity contribution in [3.8, 4) is 11.5 Å². The van der Waals surface area contributed by atoms with E-state index in [2.05, 4.69) is 0 Å². The zero-order valence-electron chi connectivity index (χ0n) is 13.5. The molecule has 3 rings (SSSR count). The van der Waals surface area contributed by atoms with Gasteiger partial charge in [0, 0.05) is 13.0 Å². The number of Topliss-reactive ketones (excluding diaryl/α,β-unsaturated/α-hetero) is 1. The first kappa shape index (κ1) is 15.9. The van der Waals surface area contributed by atoms with Crippen LogP contribution in [0.1, 0.15) is 26.2 Å². The third-order valence-electron chi connectivity index (χ3n) is 4.36. The summed E-state index contributed by atoms with van der Waals surface area (Å²) >= 11 is 0. The van der Waals surface area contributed by atoms with Crippen molar-refractivity contribution in [1.29, 1.82) is 0 Å². The maximum absolute atomic E-state index is 12.7. The molecule has 0 aromatic heterocycles. The standard InChI is InChI=1S/C18H22O5/c1-3-21-12-8-9-13-16(10-12)22-11-17(18(13)19)23-15-7-5-4-6-14(15)20-2/h4-7,11-13,16H,3,8-10H2,1-2H3. The molecule has 0 bridgehead atoms. The molecule has 1 aliphatic heterocycles. The lowest BCUT2D eigenvalue weighted by molar-refractivity contribution is -0.133. The Balaban J connectivity index is 1.72. The lowest BCUT2D eigenvalue weighted by atomic mass is 9.80. The first-order valence-corrected chi connectivity index (χ1v) is 8.05. The van der Waals surface area contributed by atoms with Crippen LogP contribution in [0.5, 0.6) is 11.5 Å². The van der Waals surface area contributed by atoms with Crippen LogP contribution in [-0.4, -0.2) is 31.7 Å². The summed E-state index contributed by atoms with van der Waals surface area (Å²) in [5.41, 5.74) is 0. The van der Waals surface area contributed by atoms with Crippen molar-refractivity contribution in [2.45, 2.75) is 38.4 Å². The summed E-state index contributed by atoms with van der Waals surface area (Å²) in [5, 5.41) is 0. The minimum Gasteiger partial charge on any atom is -0.493 e. The maximum Gasteiger partial charge on any atom is 0.208 e. The smallest absolute Gasteiger partial charge is 0.208 e. The van der Waals surface area contributed by atoms with Gasteiger partial charge < -0.3 is 18.9 Å². The Morgan fingerprint density at radius 2 is 2.00 bits per heavy atom. The highest BCUT2D eigenvalue weighted by atomic mass is 16.5. The molecule has 0 saturated heterocycles. The molecule has 3 unspecified atom stereocenters. The van der Waals surface area contributed by atoms with E-state index < -0.39 is 0 Å². The number of hydrogen-bond donors (Lipinski definition) is 0. The van der Waals surface area contributed by atoms with Crippen LogP contribution in [0.4, 0.5) is 0 Å². The fourth-order valence-corrected chi connectivity index (χ4v) is 3.22. The molecule has 0 amide bonds. The van der Waals surface area contributed by atoms with Crippen LogP contribution in [0.15, 0.2) is 36.3 Å². The number of ether oxygens (including phenoxy) is 4. The second-order valence-electron chi connectivity index (χ2n) is 5.77. The number of para-hydroxylation sites is 2. The highest BCUT2D eigenvalue weighted by Gasteiger charge is 2.41. The van der Waals surface area contributed by atoms with E-state index in [-0.39, 0.29) is 29.7 Å². The van der Waals surface area contributed by atoms with Gasteiger partial charge in [0.2, 0.25) is 11.5 Å². The molecule has 1 aromatic rings. The second-order valence-corrected chi connectivity index (χ2v) is 5.77. The van der Waals surface area contributed by atoms with Gasteiger partial charge >= 0.3 is 0 Å². The Morgan fingerprint density at radius 1 is 1.22 bits per heavy atom. The molecular weight excluding hydrogens is 296 g/mol. The lowest BCUT2D eigenvalue weighted by Crippen LogP contribution is -2.42. The molecule has 5 heteroatoms. The van der Waals surface area contributed by atoms with Crippen molar-refractivity contribution in [3.05, 3.63) is 36.3 Å². The van der Waals surface area contributed by atoms with Crippen molar-refractivity contribution in [2.24, 2.45) is 5.92 Å². The van der Waals surface area contributed by atoms with Crippen molar-refractivity contribution >= 4 is 5.78 Å². The molecule has 1 aromatic carbocycles. The van der Waals surface area contributed by atoms with Crippen molar-refractivity contribution in [2.75, 3.05) is 13.7 Å². The average molecular weight is 318 g/mol. The van der Waals surface area contributed by atoms with Crippen LogP contribution in [0, 0.1) is 5.92 Å². The van der Waals surface area contributed by atoms with Crippen LogP contribution < -0.4 is 9.47 Å². The number of benzene rings is 1. The molecule has 1 fully saturated rings. The molecule has 0 N–H and O–H groups in total. The average Bonchev–Trinajstić information content (AvgIpc) is 2.58. The molecule has 0 spiro atoms. The van der Waals surface area contributed by atoms with Gasteiger partial charge in [0.1, 0.15) is 12.4 Å². The summed E-state index contributed by atoms with van der Waals surface area (Å²) in [5.74, 6) is 1.19. The topological polar surface area (TPSA) is 54.0 Å². The molecule has 1 saturated carbocycles. The van der Waals surface area contributed by atoms with Gasteiger partial charge in [-0.1, -0.05) is 12.1 Å². The zero-order chi connectivity index (χ0) is 16.2. The zero-order valence-corrected chi connectivity index (χ0v) is 13.5. The van der Waals surface area contributed by atoms with E-state index >= 15 is 0 Å². The van der Waals surface area contributed by atoms with Gasteiger partial charge in [-0.3, -0.25) is 4.79 Å². The van der Waals surface area contributed by atoms with Gasteiger partial charge in [-0.15, -0.1) is 0 Å². The fourth-order valence-electron chi connectivity index (χ4n) is 3.22. The van der Waals surface area contributed by atoms with Gasteiger partial charge in [0.15, 0.2) is 11.5 Å². The van der Waals surface area contributed by atoms with E-state index in [1.807, 2.05) is 19.1 Å².